The van der Waals surface area contributed by atoms with Gasteiger partial charge in [0.05, 0.1) is 4.90 Å². The lowest BCUT2D eigenvalue weighted by Crippen LogP contribution is -2.23. The van der Waals surface area contributed by atoms with Gasteiger partial charge in [-0.3, -0.25) is 0 Å². The third-order valence-corrected chi connectivity index (χ3v) is 5.27. The maximum Gasteiger partial charge on any atom is 0.240 e. The van der Waals surface area contributed by atoms with Crippen LogP contribution in [-0.2, 0) is 23.0 Å². The summed E-state index contributed by atoms with van der Waals surface area (Å²) in [6.07, 6.45) is 0.899. The maximum absolute atomic E-state index is 12.2. The molecule has 4 nitrogen and oxygen atoms in total. The topological polar surface area (TPSA) is 58.2 Å². The Morgan fingerprint density at radius 1 is 1.10 bits per heavy atom. The monoisotopic (exact) mass is 324 g/mol. The number of hydrogen-bond donors (Lipinski definition) is 2. The highest BCUT2D eigenvalue weighted by molar-refractivity contribution is 7.89. The van der Waals surface area contributed by atoms with E-state index in [1.165, 1.54) is 0 Å². The molecule has 1 aromatic heterocycles. The van der Waals surface area contributed by atoms with Crippen LogP contribution in [0.4, 0.5) is 0 Å². The molecule has 6 heteroatoms. The van der Waals surface area contributed by atoms with Crippen LogP contribution in [0.2, 0.25) is 0 Å². The van der Waals surface area contributed by atoms with Crippen molar-refractivity contribution < 1.29 is 8.42 Å². The van der Waals surface area contributed by atoms with E-state index in [4.69, 9.17) is 0 Å². The molecule has 0 unspecified atom stereocenters. The van der Waals surface area contributed by atoms with Crippen LogP contribution in [-0.4, -0.2) is 21.5 Å². The summed E-state index contributed by atoms with van der Waals surface area (Å²) in [5.41, 5.74) is 2.11. The van der Waals surface area contributed by atoms with Crippen molar-refractivity contribution in [1.29, 1.82) is 0 Å². The first-order chi connectivity index (χ1) is 10.1. The van der Waals surface area contributed by atoms with Gasteiger partial charge in [-0.15, -0.1) is 0 Å². The molecular weight excluding hydrogens is 304 g/mol. The molecule has 0 bridgehead atoms. The number of nitrogens with one attached hydrogen (secondary N) is 2. The standard InChI is InChI=1S/C15H20N2O2S2/c1-2-16-9-7-13-3-5-15(6-4-13)21(18,19)17-11-14-8-10-20-12-14/h3-6,8,10,12,16-17H,2,7,9,11H2,1H3. The minimum absolute atomic E-state index is 0.310. The Kier molecular flexibility index (Phi) is 5.93. The van der Waals surface area contributed by atoms with Crippen LogP contribution in [0.3, 0.4) is 0 Å². The fourth-order valence-electron chi connectivity index (χ4n) is 1.90. The first kappa shape index (κ1) is 16.2. The second-order valence-corrected chi connectivity index (χ2v) is 7.25. The molecule has 0 amide bonds. The molecule has 21 heavy (non-hydrogen) atoms. The van der Waals surface area contributed by atoms with E-state index < -0.39 is 10.0 Å². The first-order valence-corrected chi connectivity index (χ1v) is 9.35. The zero-order valence-corrected chi connectivity index (χ0v) is 13.6. The SMILES string of the molecule is CCNCCc1ccc(S(=O)(=O)NCc2ccsc2)cc1. The predicted octanol–water partition coefficient (Wildman–Crippen LogP) is 2.38. The molecule has 0 aliphatic rings. The number of hydrogen-bond acceptors (Lipinski definition) is 4. The van der Waals surface area contributed by atoms with E-state index in [1.54, 1.807) is 23.5 Å². The van der Waals surface area contributed by atoms with Gasteiger partial charge in [0.2, 0.25) is 10.0 Å². The lowest BCUT2D eigenvalue weighted by molar-refractivity contribution is 0.581. The summed E-state index contributed by atoms with van der Waals surface area (Å²) in [5, 5.41) is 7.12. The Labute approximate surface area is 130 Å². The molecule has 0 aliphatic carbocycles. The summed E-state index contributed by atoms with van der Waals surface area (Å²) in [5.74, 6) is 0. The van der Waals surface area contributed by atoms with Crippen molar-refractivity contribution in [2.75, 3.05) is 13.1 Å². The van der Waals surface area contributed by atoms with Gasteiger partial charge in [-0.2, -0.15) is 11.3 Å². The van der Waals surface area contributed by atoms with E-state index >= 15 is 0 Å². The van der Waals surface area contributed by atoms with Crippen LogP contribution < -0.4 is 10.0 Å². The van der Waals surface area contributed by atoms with Crippen molar-refractivity contribution in [3.63, 3.8) is 0 Å². The van der Waals surface area contributed by atoms with Crippen LogP contribution in [0.5, 0.6) is 0 Å². The smallest absolute Gasteiger partial charge is 0.240 e. The number of likely N-dealkylation sites (N-methyl/N-ethyl adjacent to an activating group) is 1. The Hall–Kier alpha value is -1.21. The van der Waals surface area contributed by atoms with E-state index in [0.29, 0.717) is 11.4 Å². The quantitative estimate of drug-likeness (QED) is 0.733. The maximum atomic E-state index is 12.2. The first-order valence-electron chi connectivity index (χ1n) is 6.92. The number of benzene rings is 1. The summed E-state index contributed by atoms with van der Waals surface area (Å²) in [7, 11) is -3.44. The Bertz CT molecular complexity index is 635. The van der Waals surface area contributed by atoms with Gasteiger partial charge >= 0.3 is 0 Å². The summed E-state index contributed by atoms with van der Waals surface area (Å²) >= 11 is 1.56. The highest BCUT2D eigenvalue weighted by Crippen LogP contribution is 2.12. The number of thiophene rings is 1. The normalized spacial score (nSPS) is 11.7. The molecule has 1 heterocycles. The second kappa shape index (κ2) is 7.70. The third-order valence-electron chi connectivity index (χ3n) is 3.12. The highest BCUT2D eigenvalue weighted by atomic mass is 32.2. The van der Waals surface area contributed by atoms with Crippen molar-refractivity contribution in [3.8, 4) is 0 Å². The molecular formula is C15H20N2O2S2. The van der Waals surface area contributed by atoms with Gasteiger partial charge in [0.15, 0.2) is 0 Å². The third kappa shape index (κ3) is 4.93. The minimum atomic E-state index is -3.44. The zero-order chi connectivity index (χ0) is 15.1. The van der Waals surface area contributed by atoms with Gasteiger partial charge in [0, 0.05) is 6.54 Å². The van der Waals surface area contributed by atoms with Crippen molar-refractivity contribution in [1.82, 2.24) is 10.0 Å². The Morgan fingerprint density at radius 2 is 1.86 bits per heavy atom. The Balaban J connectivity index is 1.96. The van der Waals surface area contributed by atoms with Crippen LogP contribution in [0.15, 0.2) is 46.0 Å². The highest BCUT2D eigenvalue weighted by Gasteiger charge is 2.13. The van der Waals surface area contributed by atoms with E-state index in [9.17, 15) is 8.42 Å². The fourth-order valence-corrected chi connectivity index (χ4v) is 3.59. The van der Waals surface area contributed by atoms with Gasteiger partial charge < -0.3 is 5.32 Å². The molecule has 2 aromatic rings. The lowest BCUT2D eigenvalue weighted by Gasteiger charge is -2.07. The molecule has 0 aliphatic heterocycles. The Morgan fingerprint density at radius 3 is 2.48 bits per heavy atom. The number of sulfonamides is 1. The predicted molar refractivity (Wildman–Crippen MR) is 87.0 cm³/mol. The molecule has 0 saturated carbocycles. The van der Waals surface area contributed by atoms with Gasteiger partial charge in [-0.25, -0.2) is 13.1 Å². The molecule has 0 spiro atoms. The molecule has 0 atom stereocenters. The van der Waals surface area contributed by atoms with Crippen molar-refractivity contribution in [2.45, 2.75) is 24.8 Å². The van der Waals surface area contributed by atoms with E-state index in [1.807, 2.05) is 29.0 Å². The molecule has 0 saturated heterocycles. The number of rotatable bonds is 8. The van der Waals surface area contributed by atoms with Crippen LogP contribution in [0.25, 0.3) is 0 Å². The molecule has 114 valence electrons. The summed E-state index contributed by atoms with van der Waals surface area (Å²) in [6.45, 7) is 4.24. The van der Waals surface area contributed by atoms with Crippen molar-refractivity contribution in [2.24, 2.45) is 0 Å². The van der Waals surface area contributed by atoms with Gasteiger partial charge in [0.1, 0.15) is 0 Å². The molecule has 0 radical (unpaired) electrons. The minimum Gasteiger partial charge on any atom is -0.317 e. The molecule has 0 fully saturated rings. The van der Waals surface area contributed by atoms with Crippen LogP contribution >= 0.6 is 11.3 Å². The van der Waals surface area contributed by atoms with Crippen molar-refractivity contribution in [3.05, 3.63) is 52.2 Å². The average Bonchev–Trinajstić information content (AvgIpc) is 3.00. The van der Waals surface area contributed by atoms with Crippen molar-refractivity contribution >= 4 is 21.4 Å². The zero-order valence-electron chi connectivity index (χ0n) is 12.0. The van der Waals surface area contributed by atoms with E-state index in [0.717, 1.165) is 30.6 Å². The van der Waals surface area contributed by atoms with Gasteiger partial charge in [-0.05, 0) is 59.6 Å². The fraction of sp³-hybridized carbons (Fsp3) is 0.333. The lowest BCUT2D eigenvalue weighted by atomic mass is 10.1. The van der Waals surface area contributed by atoms with E-state index in [-0.39, 0.29) is 0 Å². The largest absolute Gasteiger partial charge is 0.317 e. The average molecular weight is 324 g/mol. The summed E-state index contributed by atoms with van der Waals surface area (Å²) in [4.78, 5) is 0.310. The second-order valence-electron chi connectivity index (χ2n) is 4.70. The molecule has 2 rings (SSSR count). The molecule has 1 aromatic carbocycles. The molecule has 2 N–H and O–H groups in total. The summed E-state index contributed by atoms with van der Waals surface area (Å²) < 4.78 is 27.0. The van der Waals surface area contributed by atoms with Gasteiger partial charge in [0.25, 0.3) is 0 Å². The van der Waals surface area contributed by atoms with Gasteiger partial charge in [-0.1, -0.05) is 19.1 Å². The van der Waals surface area contributed by atoms with E-state index in [2.05, 4.69) is 17.0 Å². The van der Waals surface area contributed by atoms with Crippen LogP contribution in [0, 0.1) is 0 Å². The van der Waals surface area contributed by atoms with Crippen LogP contribution in [0.1, 0.15) is 18.1 Å². The summed E-state index contributed by atoms with van der Waals surface area (Å²) in [6, 6.07) is 8.98.